The summed E-state index contributed by atoms with van der Waals surface area (Å²) in [6.45, 7) is 4.71. The lowest BCUT2D eigenvalue weighted by atomic mass is 10.1. The Hall–Kier alpha value is -4.43. The standard InChI is InChI=1S/C26H27F3N8O3/c27-26(28,29)17-14-16(40-13-3-10-37-11-8-30-9-12-37)6-7-18(17)33-23(38)21-22(32-15-31-21)24(39)36-25-34-19-4-1-2-5-20(19)35-25/h1-2,4-7,14-15,30H,3,8-13H2,(H,31,32)(H,33,38)(H2,34,35,36,39). The lowest BCUT2D eigenvalue weighted by Gasteiger charge is -2.27. The number of halogens is 3. The Morgan fingerprint density at radius 1 is 1.05 bits per heavy atom. The number of anilines is 2. The highest BCUT2D eigenvalue weighted by atomic mass is 19.4. The Kier molecular flexibility index (Phi) is 7.98. The van der Waals surface area contributed by atoms with Crippen LogP contribution in [0, 0.1) is 0 Å². The number of carbonyl (C=O) groups excluding carboxylic acids is 2. The summed E-state index contributed by atoms with van der Waals surface area (Å²) in [4.78, 5) is 41.5. The van der Waals surface area contributed by atoms with Crippen LogP contribution in [-0.2, 0) is 6.18 Å². The number of hydrogen-bond donors (Lipinski definition) is 5. The van der Waals surface area contributed by atoms with E-state index in [1.807, 2.05) is 0 Å². The highest BCUT2D eigenvalue weighted by Crippen LogP contribution is 2.37. The fraction of sp³-hybridized carbons (Fsp3) is 0.308. The first-order valence-corrected chi connectivity index (χ1v) is 12.7. The fourth-order valence-corrected chi connectivity index (χ4v) is 4.37. The minimum Gasteiger partial charge on any atom is -0.494 e. The van der Waals surface area contributed by atoms with Crippen molar-refractivity contribution in [1.82, 2.24) is 30.2 Å². The molecule has 2 aromatic heterocycles. The molecule has 5 rings (SSSR count). The van der Waals surface area contributed by atoms with E-state index in [1.165, 1.54) is 6.07 Å². The van der Waals surface area contributed by atoms with Crippen LogP contribution in [-0.4, -0.2) is 76.0 Å². The number of piperazine rings is 1. The number of aromatic nitrogens is 4. The Bertz CT molecular complexity index is 1460. The minimum absolute atomic E-state index is 0.0382. The normalized spacial score (nSPS) is 14.3. The molecule has 2 aromatic carbocycles. The monoisotopic (exact) mass is 556 g/mol. The number of rotatable bonds is 9. The van der Waals surface area contributed by atoms with Crippen LogP contribution in [0.2, 0.25) is 0 Å². The zero-order valence-corrected chi connectivity index (χ0v) is 21.3. The lowest BCUT2D eigenvalue weighted by Crippen LogP contribution is -2.43. The van der Waals surface area contributed by atoms with E-state index in [1.54, 1.807) is 24.3 Å². The summed E-state index contributed by atoms with van der Waals surface area (Å²) < 4.78 is 47.2. The van der Waals surface area contributed by atoms with Gasteiger partial charge in [-0.25, -0.2) is 9.97 Å². The molecule has 4 aromatic rings. The Morgan fingerprint density at radius 3 is 2.62 bits per heavy atom. The minimum atomic E-state index is -4.77. The third-order valence-electron chi connectivity index (χ3n) is 6.34. The first-order valence-electron chi connectivity index (χ1n) is 12.7. The number of carbonyl (C=O) groups is 2. The molecule has 14 heteroatoms. The SMILES string of the molecule is O=C(Nc1ccc(OCCCN2CCNCC2)cc1C(F)(F)F)c1nc[nH]c1C(=O)Nc1nc2ccccc2[nH]1. The zero-order chi connectivity index (χ0) is 28.1. The van der Waals surface area contributed by atoms with Crippen molar-refractivity contribution in [2.75, 3.05) is 50.0 Å². The summed E-state index contributed by atoms with van der Waals surface area (Å²) in [6.07, 6.45) is -3.00. The maximum atomic E-state index is 13.9. The van der Waals surface area contributed by atoms with E-state index in [2.05, 4.69) is 40.8 Å². The molecular weight excluding hydrogens is 529 g/mol. The van der Waals surface area contributed by atoms with Crippen LogP contribution in [0.4, 0.5) is 24.8 Å². The number of aromatic amines is 2. The van der Waals surface area contributed by atoms with Gasteiger partial charge in [0.05, 0.1) is 35.2 Å². The van der Waals surface area contributed by atoms with Crippen molar-refractivity contribution < 1.29 is 27.5 Å². The summed E-state index contributed by atoms with van der Waals surface area (Å²) in [7, 11) is 0. The summed E-state index contributed by atoms with van der Waals surface area (Å²) in [5.41, 5.74) is -0.883. The maximum absolute atomic E-state index is 13.9. The first-order chi connectivity index (χ1) is 19.3. The van der Waals surface area contributed by atoms with Gasteiger partial charge in [-0.15, -0.1) is 0 Å². The number of amides is 2. The predicted molar refractivity (Wildman–Crippen MR) is 141 cm³/mol. The second-order valence-corrected chi connectivity index (χ2v) is 9.14. The quantitative estimate of drug-likeness (QED) is 0.199. The molecule has 5 N–H and O–H groups in total. The number of hydrogen-bond acceptors (Lipinski definition) is 7. The first kappa shape index (κ1) is 27.1. The van der Waals surface area contributed by atoms with E-state index in [0.29, 0.717) is 17.5 Å². The van der Waals surface area contributed by atoms with Crippen LogP contribution in [0.5, 0.6) is 5.75 Å². The number of fused-ring (bicyclic) bond motifs is 1. The summed E-state index contributed by atoms with van der Waals surface area (Å²) in [6, 6.07) is 10.4. The lowest BCUT2D eigenvalue weighted by molar-refractivity contribution is -0.137. The Balaban J connectivity index is 1.24. The van der Waals surface area contributed by atoms with Crippen molar-refractivity contribution in [3.05, 3.63) is 65.7 Å². The molecule has 0 unspecified atom stereocenters. The van der Waals surface area contributed by atoms with Gasteiger partial charge in [-0.1, -0.05) is 12.1 Å². The molecule has 1 saturated heterocycles. The molecule has 1 aliphatic rings. The van der Waals surface area contributed by atoms with Crippen molar-refractivity contribution in [2.45, 2.75) is 12.6 Å². The fourth-order valence-electron chi connectivity index (χ4n) is 4.37. The number of ether oxygens (including phenoxy) is 1. The van der Waals surface area contributed by atoms with Crippen LogP contribution in [0.15, 0.2) is 48.8 Å². The smallest absolute Gasteiger partial charge is 0.418 e. The molecule has 1 fully saturated rings. The van der Waals surface area contributed by atoms with Crippen molar-refractivity contribution in [3.63, 3.8) is 0 Å². The zero-order valence-electron chi connectivity index (χ0n) is 21.3. The van der Waals surface area contributed by atoms with Gasteiger partial charge in [0.25, 0.3) is 11.8 Å². The van der Waals surface area contributed by atoms with Crippen molar-refractivity contribution in [3.8, 4) is 5.75 Å². The average molecular weight is 557 g/mol. The molecule has 11 nitrogen and oxygen atoms in total. The van der Waals surface area contributed by atoms with Gasteiger partial charge < -0.3 is 30.2 Å². The number of alkyl halides is 3. The van der Waals surface area contributed by atoms with E-state index in [9.17, 15) is 22.8 Å². The molecule has 0 bridgehead atoms. The van der Waals surface area contributed by atoms with Gasteiger partial charge in [-0.05, 0) is 36.8 Å². The summed E-state index contributed by atoms with van der Waals surface area (Å²) in [5, 5.41) is 8.01. The Morgan fingerprint density at radius 2 is 1.85 bits per heavy atom. The maximum Gasteiger partial charge on any atom is 0.418 e. The Labute approximate surface area is 226 Å². The van der Waals surface area contributed by atoms with Gasteiger partial charge in [0.15, 0.2) is 5.69 Å². The molecule has 40 heavy (non-hydrogen) atoms. The van der Waals surface area contributed by atoms with Crippen LogP contribution < -0.4 is 20.7 Å². The molecule has 0 spiro atoms. The molecule has 3 heterocycles. The topological polar surface area (TPSA) is 140 Å². The van der Waals surface area contributed by atoms with Crippen molar-refractivity contribution >= 4 is 34.5 Å². The predicted octanol–water partition coefficient (Wildman–Crippen LogP) is 3.48. The van der Waals surface area contributed by atoms with Crippen LogP contribution >= 0.6 is 0 Å². The summed E-state index contributed by atoms with van der Waals surface area (Å²) >= 11 is 0. The number of nitrogens with zero attached hydrogens (tertiary/aromatic N) is 3. The van der Waals surface area contributed by atoms with Crippen LogP contribution in [0.25, 0.3) is 11.0 Å². The van der Waals surface area contributed by atoms with Crippen LogP contribution in [0.1, 0.15) is 33.0 Å². The highest BCUT2D eigenvalue weighted by molar-refractivity contribution is 6.13. The number of benzene rings is 2. The van der Waals surface area contributed by atoms with Crippen LogP contribution in [0.3, 0.4) is 0 Å². The number of nitrogens with one attached hydrogen (secondary N) is 5. The van der Waals surface area contributed by atoms with Gasteiger partial charge in [0, 0.05) is 32.7 Å². The van der Waals surface area contributed by atoms with E-state index in [-0.39, 0.29) is 29.7 Å². The third-order valence-corrected chi connectivity index (χ3v) is 6.34. The average Bonchev–Trinajstić information content (AvgIpc) is 3.59. The molecule has 210 valence electrons. The number of para-hydroxylation sites is 2. The third kappa shape index (κ3) is 6.40. The van der Waals surface area contributed by atoms with Gasteiger partial charge >= 0.3 is 6.18 Å². The highest BCUT2D eigenvalue weighted by Gasteiger charge is 2.35. The molecule has 0 radical (unpaired) electrons. The van der Waals surface area contributed by atoms with Gasteiger partial charge in [0.1, 0.15) is 11.4 Å². The largest absolute Gasteiger partial charge is 0.494 e. The second-order valence-electron chi connectivity index (χ2n) is 9.14. The number of imidazole rings is 2. The molecule has 0 aliphatic carbocycles. The van der Waals surface area contributed by atoms with Crippen molar-refractivity contribution in [2.24, 2.45) is 0 Å². The summed E-state index contributed by atoms with van der Waals surface area (Å²) in [5.74, 6) is -1.57. The van der Waals surface area contributed by atoms with E-state index in [4.69, 9.17) is 4.74 Å². The van der Waals surface area contributed by atoms with Gasteiger partial charge in [-0.2, -0.15) is 13.2 Å². The number of H-pyrrole nitrogens is 2. The van der Waals surface area contributed by atoms with E-state index >= 15 is 0 Å². The van der Waals surface area contributed by atoms with E-state index < -0.39 is 29.2 Å². The van der Waals surface area contributed by atoms with E-state index in [0.717, 1.165) is 51.2 Å². The van der Waals surface area contributed by atoms with Gasteiger partial charge in [0.2, 0.25) is 5.95 Å². The molecule has 0 saturated carbocycles. The van der Waals surface area contributed by atoms with Gasteiger partial charge in [-0.3, -0.25) is 14.9 Å². The molecule has 1 aliphatic heterocycles. The molecule has 0 atom stereocenters. The van der Waals surface area contributed by atoms with Crippen molar-refractivity contribution in [1.29, 1.82) is 0 Å². The second kappa shape index (κ2) is 11.8. The molecule has 2 amide bonds. The molecular formula is C26H27F3N8O3.